The molecule has 1 fully saturated rings. The summed E-state index contributed by atoms with van der Waals surface area (Å²) in [5, 5.41) is 12.8. The number of hydrogen-bond donors (Lipinski definition) is 3. The lowest BCUT2D eigenvalue weighted by molar-refractivity contribution is 0.00725. The van der Waals surface area contributed by atoms with Crippen LogP contribution in [-0.2, 0) is 15.8 Å². The van der Waals surface area contributed by atoms with Gasteiger partial charge < -0.3 is 15.4 Å². The van der Waals surface area contributed by atoms with E-state index in [-0.39, 0.29) is 33.9 Å². The minimum absolute atomic E-state index is 0.0142. The van der Waals surface area contributed by atoms with E-state index >= 15 is 0 Å². The zero-order valence-electron chi connectivity index (χ0n) is 19.7. The van der Waals surface area contributed by atoms with Crippen molar-refractivity contribution in [1.82, 2.24) is 25.5 Å². The summed E-state index contributed by atoms with van der Waals surface area (Å²) in [6.07, 6.45) is 5.27. The SMILES string of the molecule is CC(F)(F)c1nc(Nc2cn[nH]c2Cl)c(C(=O)N[C@H](/C=C/S(C)(=O)=O)C2CC2)c(Oc2ccccc2)n1. The molecule has 0 spiro atoms. The van der Waals surface area contributed by atoms with Crippen molar-refractivity contribution in [2.75, 3.05) is 11.6 Å². The van der Waals surface area contributed by atoms with E-state index < -0.39 is 39.4 Å². The van der Waals surface area contributed by atoms with Gasteiger partial charge in [-0.2, -0.15) is 18.9 Å². The highest BCUT2D eigenvalue weighted by Crippen LogP contribution is 2.37. The molecule has 0 aliphatic heterocycles. The minimum Gasteiger partial charge on any atom is -0.438 e. The molecule has 1 aliphatic rings. The number of sulfone groups is 1. The number of nitrogens with one attached hydrogen (secondary N) is 3. The number of H-pyrrole nitrogens is 1. The third kappa shape index (κ3) is 7.01. The number of amides is 1. The summed E-state index contributed by atoms with van der Waals surface area (Å²) in [5.41, 5.74) is -0.117. The Morgan fingerprint density at radius 3 is 2.54 bits per heavy atom. The fourth-order valence-electron chi connectivity index (χ4n) is 3.32. The zero-order valence-corrected chi connectivity index (χ0v) is 21.3. The molecule has 1 saturated carbocycles. The van der Waals surface area contributed by atoms with Crippen LogP contribution in [0, 0.1) is 5.92 Å². The van der Waals surface area contributed by atoms with E-state index in [2.05, 4.69) is 30.8 Å². The minimum atomic E-state index is -3.48. The molecular weight excluding hydrogens is 530 g/mol. The van der Waals surface area contributed by atoms with Gasteiger partial charge in [-0.15, -0.1) is 0 Å². The van der Waals surface area contributed by atoms with Crippen LogP contribution in [0.15, 0.2) is 48.0 Å². The Morgan fingerprint density at radius 2 is 1.97 bits per heavy atom. The molecule has 2 heterocycles. The molecule has 2 aromatic heterocycles. The Hall–Kier alpha value is -3.58. The number of nitrogens with zero attached hydrogens (tertiary/aromatic N) is 3. The van der Waals surface area contributed by atoms with Gasteiger partial charge in [0.1, 0.15) is 16.5 Å². The molecule has 3 N–H and O–H groups in total. The highest BCUT2D eigenvalue weighted by Gasteiger charge is 2.36. The number of para-hydroxylation sites is 1. The van der Waals surface area contributed by atoms with Crippen LogP contribution in [0.2, 0.25) is 5.15 Å². The smallest absolute Gasteiger partial charge is 0.304 e. The molecule has 0 radical (unpaired) electrons. The highest BCUT2D eigenvalue weighted by molar-refractivity contribution is 7.93. The maximum Gasteiger partial charge on any atom is 0.304 e. The number of aromatic nitrogens is 4. The molecule has 4 rings (SSSR count). The van der Waals surface area contributed by atoms with Crippen molar-refractivity contribution in [2.24, 2.45) is 5.92 Å². The van der Waals surface area contributed by atoms with Gasteiger partial charge in [0.2, 0.25) is 11.7 Å². The fourth-order valence-corrected chi connectivity index (χ4v) is 3.92. The Kier molecular flexibility index (Phi) is 7.46. The predicted octanol–water partition coefficient (Wildman–Crippen LogP) is 4.57. The predicted molar refractivity (Wildman–Crippen MR) is 133 cm³/mol. The van der Waals surface area contributed by atoms with Crippen LogP contribution in [0.25, 0.3) is 0 Å². The summed E-state index contributed by atoms with van der Waals surface area (Å²) < 4.78 is 57.8. The number of benzene rings is 1. The molecule has 37 heavy (non-hydrogen) atoms. The Morgan fingerprint density at radius 1 is 1.27 bits per heavy atom. The lowest BCUT2D eigenvalue weighted by atomic mass is 10.1. The zero-order chi connectivity index (χ0) is 26.8. The molecule has 196 valence electrons. The van der Waals surface area contributed by atoms with E-state index in [1.54, 1.807) is 30.3 Å². The number of hydrogen-bond acceptors (Lipinski definition) is 8. The molecular formula is C23H23ClF2N6O4S. The first-order valence-corrected chi connectivity index (χ1v) is 13.4. The molecule has 1 aromatic carbocycles. The van der Waals surface area contributed by atoms with E-state index in [4.69, 9.17) is 16.3 Å². The van der Waals surface area contributed by atoms with E-state index in [0.717, 1.165) is 24.5 Å². The quantitative estimate of drug-likeness (QED) is 0.332. The molecule has 0 bridgehead atoms. The van der Waals surface area contributed by atoms with Crippen LogP contribution in [0.4, 0.5) is 20.3 Å². The van der Waals surface area contributed by atoms with Gasteiger partial charge in [0.15, 0.2) is 15.7 Å². The summed E-state index contributed by atoms with van der Waals surface area (Å²) >= 11 is 6.07. The monoisotopic (exact) mass is 552 g/mol. The maximum absolute atomic E-state index is 14.4. The van der Waals surface area contributed by atoms with Gasteiger partial charge in [-0.3, -0.25) is 9.89 Å². The van der Waals surface area contributed by atoms with Gasteiger partial charge in [-0.1, -0.05) is 35.9 Å². The molecule has 1 amide bonds. The summed E-state index contributed by atoms with van der Waals surface area (Å²) in [6, 6.07) is 7.55. The maximum atomic E-state index is 14.4. The van der Waals surface area contributed by atoms with Gasteiger partial charge in [0.25, 0.3) is 5.91 Å². The lowest BCUT2D eigenvalue weighted by Gasteiger charge is -2.20. The van der Waals surface area contributed by atoms with Crippen molar-refractivity contribution in [1.29, 1.82) is 0 Å². The van der Waals surface area contributed by atoms with Crippen LogP contribution < -0.4 is 15.4 Å². The first kappa shape index (κ1) is 26.5. The summed E-state index contributed by atoms with van der Waals surface area (Å²) in [6.45, 7) is 0.613. The highest BCUT2D eigenvalue weighted by atomic mass is 35.5. The van der Waals surface area contributed by atoms with Crippen molar-refractivity contribution >= 4 is 38.9 Å². The normalized spacial score (nSPS) is 14.9. The largest absolute Gasteiger partial charge is 0.438 e. The number of alkyl halides is 2. The van der Waals surface area contributed by atoms with Crippen LogP contribution >= 0.6 is 11.6 Å². The average Bonchev–Trinajstić information content (AvgIpc) is 3.58. The second-order valence-corrected chi connectivity index (χ2v) is 10.9. The molecule has 1 aliphatic carbocycles. The Balaban J connectivity index is 1.82. The van der Waals surface area contributed by atoms with Crippen molar-refractivity contribution in [3.05, 3.63) is 64.6 Å². The van der Waals surface area contributed by atoms with E-state index in [1.165, 1.54) is 12.3 Å². The molecule has 0 saturated heterocycles. The molecule has 3 aromatic rings. The third-order valence-corrected chi connectivity index (χ3v) is 6.20. The average molecular weight is 553 g/mol. The van der Waals surface area contributed by atoms with Crippen molar-refractivity contribution in [2.45, 2.75) is 31.7 Å². The first-order valence-electron chi connectivity index (χ1n) is 11.1. The molecule has 10 nitrogen and oxygen atoms in total. The number of carbonyl (C=O) groups excluding carboxylic acids is 1. The Bertz CT molecular complexity index is 1420. The van der Waals surface area contributed by atoms with Crippen molar-refractivity contribution in [3.63, 3.8) is 0 Å². The van der Waals surface area contributed by atoms with E-state index in [9.17, 15) is 22.0 Å². The standard InChI is InChI=1S/C23H23ClF2N6O4S/c1-23(25,26)22-30-19(28-16-12-27-32-18(16)24)17(21(31-22)36-14-6-4-3-5-7-14)20(33)29-15(13-8-9-13)10-11-37(2,34)35/h3-7,10-13,15H,8-9H2,1-2H3,(H,27,32)(H,29,33)(H,28,30,31)/b11-10+/t15-/m1/s1. The van der Waals surface area contributed by atoms with Gasteiger partial charge in [-0.05, 0) is 30.9 Å². The fraction of sp³-hybridized carbons (Fsp3) is 0.304. The van der Waals surface area contributed by atoms with E-state index in [0.29, 0.717) is 6.92 Å². The second kappa shape index (κ2) is 10.4. The number of halogens is 3. The van der Waals surface area contributed by atoms with Gasteiger partial charge in [0.05, 0.1) is 17.9 Å². The van der Waals surface area contributed by atoms with Crippen molar-refractivity contribution < 1.29 is 26.7 Å². The van der Waals surface area contributed by atoms with Crippen LogP contribution in [0.5, 0.6) is 11.6 Å². The second-order valence-electron chi connectivity index (χ2n) is 8.60. The summed E-state index contributed by atoms with van der Waals surface area (Å²) in [7, 11) is -3.45. The van der Waals surface area contributed by atoms with Crippen LogP contribution in [-0.4, -0.2) is 46.8 Å². The van der Waals surface area contributed by atoms with Crippen LogP contribution in [0.3, 0.4) is 0 Å². The number of ether oxygens (including phenoxy) is 1. The Labute approximate surface area is 216 Å². The number of rotatable bonds is 10. The van der Waals surface area contributed by atoms with Gasteiger partial charge >= 0.3 is 5.92 Å². The number of anilines is 2. The van der Waals surface area contributed by atoms with Gasteiger partial charge in [-0.25, -0.2) is 13.4 Å². The molecule has 1 atom stereocenters. The summed E-state index contributed by atoms with van der Waals surface area (Å²) in [5.74, 6) is -5.63. The topological polar surface area (TPSA) is 139 Å². The van der Waals surface area contributed by atoms with E-state index in [1.807, 2.05) is 0 Å². The van der Waals surface area contributed by atoms with Crippen molar-refractivity contribution in [3.8, 4) is 11.6 Å². The lowest BCUT2D eigenvalue weighted by Crippen LogP contribution is -2.36. The summed E-state index contributed by atoms with van der Waals surface area (Å²) in [4.78, 5) is 21.4. The number of aromatic amines is 1. The van der Waals surface area contributed by atoms with Crippen LogP contribution in [0.1, 0.15) is 35.9 Å². The molecule has 14 heteroatoms. The number of carbonyl (C=O) groups is 1. The van der Waals surface area contributed by atoms with Gasteiger partial charge in [0, 0.05) is 18.6 Å². The third-order valence-electron chi connectivity index (χ3n) is 5.26. The first-order chi connectivity index (χ1) is 17.4. The molecule has 0 unspecified atom stereocenters.